The molecule has 0 unspecified atom stereocenters. The zero-order valence-corrected chi connectivity index (χ0v) is 11.3. The number of hydrogen-bond donors (Lipinski definition) is 0. The van der Waals surface area contributed by atoms with Crippen LogP contribution in [0.2, 0.25) is 0 Å². The molecule has 0 saturated heterocycles. The van der Waals surface area contributed by atoms with Gasteiger partial charge in [0.2, 0.25) is 0 Å². The van der Waals surface area contributed by atoms with Gasteiger partial charge in [-0.2, -0.15) is 0 Å². The van der Waals surface area contributed by atoms with E-state index < -0.39 is 0 Å². The molecule has 0 bridgehead atoms. The van der Waals surface area contributed by atoms with E-state index in [1.54, 1.807) is 0 Å². The van der Waals surface area contributed by atoms with Gasteiger partial charge >= 0.3 is 0 Å². The molecule has 0 fully saturated rings. The Kier molecular flexibility index (Phi) is 9.31. The normalized spacial score (nSPS) is 9.88. The van der Waals surface area contributed by atoms with Crippen molar-refractivity contribution in [2.24, 2.45) is 0 Å². The molecule has 16 heavy (non-hydrogen) atoms. The summed E-state index contributed by atoms with van der Waals surface area (Å²) >= 11 is 0. The van der Waals surface area contributed by atoms with Gasteiger partial charge in [0.1, 0.15) is 6.54 Å². The maximum absolute atomic E-state index is 2.42. The Hall–Kier alpha value is -0.560. The first kappa shape index (κ1) is 15.4. The molecule has 0 N–H and O–H groups in total. The minimum atomic E-state index is 0. The monoisotopic (exact) mass is 241 g/mol. The summed E-state index contributed by atoms with van der Waals surface area (Å²) in [5, 5.41) is 0. The number of nitrogens with zero attached hydrogens (tertiary/aromatic N) is 1. The molecule has 0 aromatic carbocycles. The number of pyridine rings is 1. The number of halogens is 1. The third-order valence-corrected chi connectivity index (χ3v) is 2.79. The summed E-state index contributed by atoms with van der Waals surface area (Å²) in [5.41, 5.74) is 1.48. The van der Waals surface area contributed by atoms with Crippen LogP contribution in [0, 0.1) is 0 Å². The average Bonchev–Trinajstić information content (AvgIpc) is 2.27. The first-order valence-electron chi connectivity index (χ1n) is 6.35. The van der Waals surface area contributed by atoms with E-state index in [0.717, 1.165) is 0 Å². The third kappa shape index (κ3) is 5.50. The van der Waals surface area contributed by atoms with Crippen molar-refractivity contribution in [3.05, 3.63) is 30.1 Å². The second kappa shape index (κ2) is 9.65. The molecule has 1 rings (SSSR count). The van der Waals surface area contributed by atoms with Crippen molar-refractivity contribution >= 4 is 0 Å². The molecule has 0 saturated carbocycles. The molecule has 1 nitrogen and oxygen atoms in total. The molecule has 0 amide bonds. The number of aromatic nitrogens is 1. The molecule has 0 aliphatic rings. The molecule has 0 aliphatic heterocycles. The van der Waals surface area contributed by atoms with Crippen molar-refractivity contribution in [1.29, 1.82) is 0 Å². The van der Waals surface area contributed by atoms with E-state index in [4.69, 9.17) is 0 Å². The highest BCUT2D eigenvalue weighted by molar-refractivity contribution is 4.97. The van der Waals surface area contributed by atoms with Crippen LogP contribution in [-0.4, -0.2) is 0 Å². The SMILES string of the molecule is CCCCCC[n+]1ccccc1CCC.[Cl-]. The zero-order chi connectivity index (χ0) is 10.9. The van der Waals surface area contributed by atoms with Crippen molar-refractivity contribution in [2.75, 3.05) is 0 Å². The molecule has 92 valence electrons. The third-order valence-electron chi connectivity index (χ3n) is 2.79. The van der Waals surface area contributed by atoms with Crippen LogP contribution in [0.1, 0.15) is 51.6 Å². The molecule has 1 aromatic rings. The molecule has 0 spiro atoms. The Bertz CT molecular complexity index is 273. The Morgan fingerprint density at radius 2 is 1.81 bits per heavy atom. The van der Waals surface area contributed by atoms with Crippen LogP contribution < -0.4 is 17.0 Å². The first-order chi connectivity index (χ1) is 7.38. The molecule has 0 atom stereocenters. The van der Waals surface area contributed by atoms with Gasteiger partial charge in [-0.05, 0) is 12.8 Å². The number of rotatable bonds is 7. The lowest BCUT2D eigenvalue weighted by molar-refractivity contribution is -0.704. The second-order valence-electron chi connectivity index (χ2n) is 4.20. The van der Waals surface area contributed by atoms with Gasteiger partial charge in [0, 0.05) is 25.0 Å². The summed E-state index contributed by atoms with van der Waals surface area (Å²) in [5.74, 6) is 0. The van der Waals surface area contributed by atoms with E-state index in [9.17, 15) is 0 Å². The van der Waals surface area contributed by atoms with E-state index >= 15 is 0 Å². The summed E-state index contributed by atoms with van der Waals surface area (Å²) < 4.78 is 2.42. The second-order valence-corrected chi connectivity index (χ2v) is 4.20. The minimum absolute atomic E-state index is 0. The Morgan fingerprint density at radius 1 is 1.00 bits per heavy atom. The van der Waals surface area contributed by atoms with Gasteiger partial charge in [0.05, 0.1) is 0 Å². The predicted octanol–water partition coefficient (Wildman–Crippen LogP) is 0.511. The molecule has 0 aliphatic carbocycles. The van der Waals surface area contributed by atoms with Crippen LogP contribution in [0.15, 0.2) is 24.4 Å². The fourth-order valence-corrected chi connectivity index (χ4v) is 1.92. The van der Waals surface area contributed by atoms with Crippen molar-refractivity contribution in [1.82, 2.24) is 0 Å². The van der Waals surface area contributed by atoms with E-state index in [2.05, 4.69) is 42.8 Å². The van der Waals surface area contributed by atoms with E-state index in [1.165, 1.54) is 50.8 Å². The van der Waals surface area contributed by atoms with Crippen LogP contribution in [-0.2, 0) is 13.0 Å². The summed E-state index contributed by atoms with van der Waals surface area (Å²) in [7, 11) is 0. The van der Waals surface area contributed by atoms with Crippen LogP contribution >= 0.6 is 0 Å². The number of hydrogen-bond acceptors (Lipinski definition) is 0. The van der Waals surface area contributed by atoms with E-state index in [0.29, 0.717) is 0 Å². The maximum atomic E-state index is 2.42. The molecular formula is C14H24ClN. The molecule has 1 heterocycles. The van der Waals surface area contributed by atoms with Crippen LogP contribution in [0.3, 0.4) is 0 Å². The highest BCUT2D eigenvalue weighted by atomic mass is 35.5. The van der Waals surface area contributed by atoms with Gasteiger partial charge in [-0.1, -0.05) is 32.8 Å². The van der Waals surface area contributed by atoms with Crippen molar-refractivity contribution in [3.8, 4) is 0 Å². The Morgan fingerprint density at radius 3 is 2.50 bits per heavy atom. The number of unbranched alkanes of at least 4 members (excludes halogenated alkanes) is 3. The first-order valence-corrected chi connectivity index (χ1v) is 6.35. The van der Waals surface area contributed by atoms with Gasteiger partial charge in [0.15, 0.2) is 11.9 Å². The van der Waals surface area contributed by atoms with Crippen LogP contribution in [0.5, 0.6) is 0 Å². The summed E-state index contributed by atoms with van der Waals surface area (Å²) in [6, 6.07) is 6.54. The smallest absolute Gasteiger partial charge is 0.181 e. The largest absolute Gasteiger partial charge is 1.00 e. The Balaban J connectivity index is 0.00000225. The fourth-order valence-electron chi connectivity index (χ4n) is 1.92. The fraction of sp³-hybridized carbons (Fsp3) is 0.643. The summed E-state index contributed by atoms with van der Waals surface area (Å²) in [4.78, 5) is 0. The quantitative estimate of drug-likeness (QED) is 0.484. The van der Waals surface area contributed by atoms with Gasteiger partial charge in [-0.3, -0.25) is 0 Å². The summed E-state index contributed by atoms with van der Waals surface area (Å²) in [6.45, 7) is 5.70. The van der Waals surface area contributed by atoms with Crippen molar-refractivity contribution in [3.63, 3.8) is 0 Å². The van der Waals surface area contributed by atoms with E-state index in [1.807, 2.05) is 0 Å². The topological polar surface area (TPSA) is 3.88 Å². The van der Waals surface area contributed by atoms with E-state index in [-0.39, 0.29) is 12.4 Å². The van der Waals surface area contributed by atoms with Gasteiger partial charge in [-0.15, -0.1) is 0 Å². The van der Waals surface area contributed by atoms with Crippen molar-refractivity contribution < 1.29 is 17.0 Å². The van der Waals surface area contributed by atoms with Crippen LogP contribution in [0.4, 0.5) is 0 Å². The minimum Gasteiger partial charge on any atom is -1.00 e. The molecule has 0 radical (unpaired) electrons. The van der Waals surface area contributed by atoms with Gasteiger partial charge in [-0.25, -0.2) is 4.57 Å². The molecule has 2 heteroatoms. The lowest BCUT2D eigenvalue weighted by atomic mass is 10.2. The predicted molar refractivity (Wildman–Crippen MR) is 64.8 cm³/mol. The zero-order valence-electron chi connectivity index (χ0n) is 10.6. The molecule has 1 aromatic heterocycles. The van der Waals surface area contributed by atoms with Gasteiger partial charge < -0.3 is 12.4 Å². The summed E-state index contributed by atoms with van der Waals surface area (Å²) in [6.07, 6.45) is 10.0. The lowest BCUT2D eigenvalue weighted by Gasteiger charge is -2.02. The van der Waals surface area contributed by atoms with Crippen LogP contribution in [0.25, 0.3) is 0 Å². The Labute approximate surface area is 106 Å². The van der Waals surface area contributed by atoms with Gasteiger partial charge in [0.25, 0.3) is 0 Å². The lowest BCUT2D eigenvalue weighted by Crippen LogP contribution is -3.00. The van der Waals surface area contributed by atoms with Crippen molar-refractivity contribution in [2.45, 2.75) is 58.9 Å². The highest BCUT2D eigenvalue weighted by Crippen LogP contribution is 2.01. The average molecular weight is 242 g/mol. The standard InChI is InChI=1S/C14H24N.ClH/c1-3-5-6-8-12-15-13-9-7-11-14(15)10-4-2;/h7,9,11,13H,3-6,8,10,12H2,1-2H3;1H/q+1;/p-1. The highest BCUT2D eigenvalue weighted by Gasteiger charge is 2.06. The maximum Gasteiger partial charge on any atom is 0.181 e. The molecular weight excluding hydrogens is 218 g/mol. The number of aryl methyl sites for hydroxylation is 2.